The molecule has 0 amide bonds. The van der Waals surface area contributed by atoms with E-state index in [1.165, 1.54) is 0 Å². The first-order chi connectivity index (χ1) is 10.2. The molecule has 1 N–H and O–H groups in total. The third-order valence-electron chi connectivity index (χ3n) is 2.97. The van der Waals surface area contributed by atoms with Crippen LogP contribution < -0.4 is 10.1 Å². The Hall–Kier alpha value is -1.48. The van der Waals surface area contributed by atoms with Crippen molar-refractivity contribution in [2.24, 2.45) is 0 Å². The predicted octanol–water partition coefficient (Wildman–Crippen LogP) is 4.85. The van der Waals surface area contributed by atoms with E-state index in [1.54, 1.807) is 0 Å². The Morgan fingerprint density at radius 1 is 1.10 bits per heavy atom. The van der Waals surface area contributed by atoms with Gasteiger partial charge in [-0.15, -0.1) is 6.58 Å². The van der Waals surface area contributed by atoms with Crippen molar-refractivity contribution in [3.63, 3.8) is 0 Å². The van der Waals surface area contributed by atoms with Crippen LogP contribution in [0.4, 0.5) is 0 Å². The highest BCUT2D eigenvalue weighted by atomic mass is 35.5. The van der Waals surface area contributed by atoms with E-state index in [-0.39, 0.29) is 0 Å². The number of ether oxygens (including phenoxy) is 1. The Kier molecular flexibility index (Phi) is 6.12. The first-order valence-electron chi connectivity index (χ1n) is 6.67. The Morgan fingerprint density at radius 3 is 2.67 bits per heavy atom. The van der Waals surface area contributed by atoms with Crippen molar-refractivity contribution < 1.29 is 4.74 Å². The molecule has 0 unspecified atom stereocenters. The normalized spacial score (nSPS) is 10.4. The van der Waals surface area contributed by atoms with E-state index in [2.05, 4.69) is 11.9 Å². The zero-order valence-electron chi connectivity index (χ0n) is 11.6. The summed E-state index contributed by atoms with van der Waals surface area (Å²) in [7, 11) is 0. The SMILES string of the molecule is C=CCNCc1cc(Cl)ccc1OCc1ccccc1Cl. The second-order valence-electron chi connectivity index (χ2n) is 4.55. The van der Waals surface area contributed by atoms with Crippen molar-refractivity contribution in [2.45, 2.75) is 13.2 Å². The van der Waals surface area contributed by atoms with Crippen LogP contribution in [0, 0.1) is 0 Å². The molecule has 0 saturated carbocycles. The molecule has 0 fully saturated rings. The second-order valence-corrected chi connectivity index (χ2v) is 5.40. The van der Waals surface area contributed by atoms with E-state index in [0.717, 1.165) is 23.4 Å². The molecule has 0 aliphatic carbocycles. The first kappa shape index (κ1) is 15.9. The van der Waals surface area contributed by atoms with Crippen molar-refractivity contribution in [1.82, 2.24) is 5.32 Å². The van der Waals surface area contributed by atoms with Crippen LogP contribution in [0.3, 0.4) is 0 Å². The molecule has 0 heterocycles. The molecule has 2 nitrogen and oxygen atoms in total. The predicted molar refractivity (Wildman–Crippen MR) is 89.1 cm³/mol. The number of nitrogens with one attached hydrogen (secondary N) is 1. The highest BCUT2D eigenvalue weighted by Crippen LogP contribution is 2.25. The molecule has 110 valence electrons. The van der Waals surface area contributed by atoms with Gasteiger partial charge < -0.3 is 10.1 Å². The molecule has 0 spiro atoms. The van der Waals surface area contributed by atoms with Crippen LogP contribution in [0.15, 0.2) is 55.1 Å². The fraction of sp³-hybridized carbons (Fsp3) is 0.176. The standard InChI is InChI=1S/C17H17Cl2NO/c1-2-9-20-11-14-10-15(18)7-8-17(14)21-12-13-5-3-4-6-16(13)19/h2-8,10,20H,1,9,11-12H2. The number of halogens is 2. The minimum atomic E-state index is 0.426. The van der Waals surface area contributed by atoms with Gasteiger partial charge in [0.15, 0.2) is 0 Å². The maximum atomic E-state index is 6.13. The van der Waals surface area contributed by atoms with E-state index in [1.807, 2.05) is 48.5 Å². The summed E-state index contributed by atoms with van der Waals surface area (Å²) >= 11 is 12.2. The van der Waals surface area contributed by atoms with E-state index in [4.69, 9.17) is 27.9 Å². The second kappa shape index (κ2) is 8.08. The van der Waals surface area contributed by atoms with Crippen LogP contribution in [0.25, 0.3) is 0 Å². The Morgan fingerprint density at radius 2 is 1.90 bits per heavy atom. The lowest BCUT2D eigenvalue weighted by atomic mass is 10.2. The molecule has 0 bridgehead atoms. The van der Waals surface area contributed by atoms with Gasteiger partial charge in [0.25, 0.3) is 0 Å². The summed E-state index contributed by atoms with van der Waals surface area (Å²) in [6.45, 7) is 5.51. The van der Waals surface area contributed by atoms with Crippen molar-refractivity contribution in [3.8, 4) is 5.75 Å². The zero-order valence-corrected chi connectivity index (χ0v) is 13.1. The van der Waals surface area contributed by atoms with Gasteiger partial charge in [0, 0.05) is 34.3 Å². The molecule has 0 aliphatic rings. The first-order valence-corrected chi connectivity index (χ1v) is 7.42. The van der Waals surface area contributed by atoms with Gasteiger partial charge in [0.2, 0.25) is 0 Å². The summed E-state index contributed by atoms with van der Waals surface area (Å²) in [5.74, 6) is 0.802. The minimum absolute atomic E-state index is 0.426. The summed E-state index contributed by atoms with van der Waals surface area (Å²) in [4.78, 5) is 0. The van der Waals surface area contributed by atoms with Gasteiger partial charge in [0.05, 0.1) is 0 Å². The van der Waals surface area contributed by atoms with Crippen LogP contribution in [0.2, 0.25) is 10.0 Å². The topological polar surface area (TPSA) is 21.3 Å². The maximum Gasteiger partial charge on any atom is 0.124 e. The molecular weight excluding hydrogens is 305 g/mol. The van der Waals surface area contributed by atoms with Gasteiger partial charge in [-0.3, -0.25) is 0 Å². The summed E-state index contributed by atoms with van der Waals surface area (Å²) in [6.07, 6.45) is 1.81. The van der Waals surface area contributed by atoms with E-state index in [9.17, 15) is 0 Å². The molecule has 0 radical (unpaired) electrons. The van der Waals surface area contributed by atoms with Crippen molar-refractivity contribution >= 4 is 23.2 Å². The minimum Gasteiger partial charge on any atom is -0.489 e. The fourth-order valence-electron chi connectivity index (χ4n) is 1.91. The van der Waals surface area contributed by atoms with Gasteiger partial charge in [-0.05, 0) is 24.3 Å². The molecule has 2 rings (SSSR count). The lowest BCUT2D eigenvalue weighted by Crippen LogP contribution is -2.13. The smallest absolute Gasteiger partial charge is 0.124 e. The molecule has 2 aromatic rings. The van der Waals surface area contributed by atoms with Gasteiger partial charge in [-0.1, -0.05) is 47.5 Å². The number of rotatable bonds is 7. The average Bonchev–Trinajstić information content (AvgIpc) is 2.48. The van der Waals surface area contributed by atoms with E-state index >= 15 is 0 Å². The Labute approximate surface area is 135 Å². The molecule has 4 heteroatoms. The van der Waals surface area contributed by atoms with Crippen LogP contribution >= 0.6 is 23.2 Å². The highest BCUT2D eigenvalue weighted by Gasteiger charge is 2.06. The molecule has 0 aromatic heterocycles. The summed E-state index contributed by atoms with van der Waals surface area (Å²) < 4.78 is 5.88. The van der Waals surface area contributed by atoms with Gasteiger partial charge in [0.1, 0.15) is 12.4 Å². The third kappa shape index (κ3) is 4.78. The van der Waals surface area contributed by atoms with Gasteiger partial charge in [-0.25, -0.2) is 0 Å². The molecule has 2 aromatic carbocycles. The van der Waals surface area contributed by atoms with Crippen LogP contribution in [0.5, 0.6) is 5.75 Å². The Bertz CT molecular complexity index is 613. The maximum absolute atomic E-state index is 6.13. The number of hydrogen-bond acceptors (Lipinski definition) is 2. The van der Waals surface area contributed by atoms with Crippen LogP contribution in [-0.2, 0) is 13.2 Å². The van der Waals surface area contributed by atoms with E-state index < -0.39 is 0 Å². The molecule has 0 atom stereocenters. The van der Waals surface area contributed by atoms with Gasteiger partial charge >= 0.3 is 0 Å². The van der Waals surface area contributed by atoms with Crippen molar-refractivity contribution in [1.29, 1.82) is 0 Å². The quantitative estimate of drug-likeness (QED) is 0.581. The van der Waals surface area contributed by atoms with E-state index in [0.29, 0.717) is 23.2 Å². The summed E-state index contributed by atoms with van der Waals surface area (Å²) in [5, 5.41) is 4.64. The lowest BCUT2D eigenvalue weighted by molar-refractivity contribution is 0.302. The number of hydrogen-bond donors (Lipinski definition) is 1. The molecule has 0 aliphatic heterocycles. The number of benzene rings is 2. The largest absolute Gasteiger partial charge is 0.489 e. The Balaban J connectivity index is 2.08. The summed E-state index contributed by atoms with van der Waals surface area (Å²) in [6, 6.07) is 13.3. The molecule has 21 heavy (non-hydrogen) atoms. The fourth-order valence-corrected chi connectivity index (χ4v) is 2.29. The van der Waals surface area contributed by atoms with Crippen molar-refractivity contribution in [3.05, 3.63) is 76.3 Å². The zero-order chi connectivity index (χ0) is 15.1. The monoisotopic (exact) mass is 321 g/mol. The lowest BCUT2D eigenvalue weighted by Gasteiger charge is -2.13. The average molecular weight is 322 g/mol. The van der Waals surface area contributed by atoms with Crippen molar-refractivity contribution in [2.75, 3.05) is 6.54 Å². The third-order valence-corrected chi connectivity index (χ3v) is 3.57. The highest BCUT2D eigenvalue weighted by molar-refractivity contribution is 6.31. The van der Waals surface area contributed by atoms with Crippen LogP contribution in [0.1, 0.15) is 11.1 Å². The van der Waals surface area contributed by atoms with Crippen LogP contribution in [-0.4, -0.2) is 6.54 Å². The molecular formula is C17H17Cl2NO. The van der Waals surface area contributed by atoms with Gasteiger partial charge in [-0.2, -0.15) is 0 Å². The summed E-state index contributed by atoms with van der Waals surface area (Å²) in [5.41, 5.74) is 1.97. The molecule has 0 saturated heterocycles.